The summed E-state index contributed by atoms with van der Waals surface area (Å²) < 4.78 is 36.1. The van der Waals surface area contributed by atoms with Crippen molar-refractivity contribution in [3.8, 4) is 0 Å². The summed E-state index contributed by atoms with van der Waals surface area (Å²) in [6.07, 6.45) is -5.93. The van der Waals surface area contributed by atoms with Crippen LogP contribution < -0.4 is 0 Å². The number of rotatable bonds is 1. The van der Waals surface area contributed by atoms with Crippen LogP contribution in [-0.4, -0.2) is 16.3 Å². The van der Waals surface area contributed by atoms with Crippen molar-refractivity contribution in [2.75, 3.05) is 0 Å². The van der Waals surface area contributed by atoms with Crippen LogP contribution in [0.3, 0.4) is 0 Å². The summed E-state index contributed by atoms with van der Waals surface area (Å²) in [5, 5.41) is 8.85. The van der Waals surface area contributed by atoms with Gasteiger partial charge in [-0.3, -0.25) is 4.98 Å². The van der Waals surface area contributed by atoms with Crippen LogP contribution in [0.4, 0.5) is 13.2 Å². The quantitative estimate of drug-likeness (QED) is 0.736. The van der Waals surface area contributed by atoms with Gasteiger partial charge in [0.25, 0.3) is 0 Å². The second-order valence-electron chi connectivity index (χ2n) is 2.65. The Morgan fingerprint density at radius 3 is 2.54 bits per heavy atom. The highest BCUT2D eigenvalue weighted by Crippen LogP contribution is 2.32. The third-order valence-electron chi connectivity index (χ3n) is 1.62. The van der Waals surface area contributed by atoms with E-state index in [0.717, 1.165) is 0 Å². The minimum absolute atomic E-state index is 0.326. The molecule has 2 nitrogen and oxygen atoms in total. The number of aliphatic hydroxyl groups excluding tert-OH is 1. The molecule has 0 aliphatic carbocycles. The third kappa shape index (κ3) is 2.18. The molecule has 1 N–H and O–H groups in total. The smallest absolute Gasteiger partial charge is 0.378 e. The second kappa shape index (κ2) is 3.33. The van der Waals surface area contributed by atoms with Crippen molar-refractivity contribution >= 4 is 0 Å². The van der Waals surface area contributed by atoms with Crippen molar-refractivity contribution in [1.29, 1.82) is 0 Å². The first-order chi connectivity index (χ1) is 5.93. The van der Waals surface area contributed by atoms with Crippen LogP contribution in [0, 0.1) is 6.92 Å². The molecule has 0 saturated carbocycles. The van der Waals surface area contributed by atoms with Gasteiger partial charge < -0.3 is 5.11 Å². The van der Waals surface area contributed by atoms with Crippen LogP contribution in [0.5, 0.6) is 0 Å². The number of hydrogen-bond donors (Lipinski definition) is 1. The molecule has 1 rings (SSSR count). The van der Waals surface area contributed by atoms with Crippen molar-refractivity contribution in [2.24, 2.45) is 0 Å². The lowest BCUT2D eigenvalue weighted by molar-refractivity contribution is -0.208. The number of halogens is 3. The predicted molar refractivity (Wildman–Crippen MR) is 40.0 cm³/mol. The minimum atomic E-state index is -4.65. The average Bonchev–Trinajstić information content (AvgIpc) is 2.02. The second-order valence-corrected chi connectivity index (χ2v) is 2.65. The topological polar surface area (TPSA) is 33.1 Å². The summed E-state index contributed by atoms with van der Waals surface area (Å²) in [6.45, 7) is 1.47. The van der Waals surface area contributed by atoms with E-state index in [2.05, 4.69) is 4.98 Å². The SMILES string of the molecule is Cc1cccnc1C(O)C(F)(F)F. The zero-order valence-electron chi connectivity index (χ0n) is 6.84. The highest BCUT2D eigenvalue weighted by atomic mass is 19.4. The maximum Gasteiger partial charge on any atom is 0.420 e. The van der Waals surface area contributed by atoms with Gasteiger partial charge in [0.2, 0.25) is 0 Å². The number of aryl methyl sites for hydroxylation is 1. The molecule has 0 radical (unpaired) electrons. The van der Waals surface area contributed by atoms with Crippen LogP contribution in [0.1, 0.15) is 17.4 Å². The van der Waals surface area contributed by atoms with E-state index in [9.17, 15) is 13.2 Å². The third-order valence-corrected chi connectivity index (χ3v) is 1.62. The van der Waals surface area contributed by atoms with Crippen LogP contribution in [-0.2, 0) is 0 Å². The molecule has 0 fully saturated rings. The Labute approximate surface area is 73.0 Å². The fourth-order valence-electron chi connectivity index (χ4n) is 0.939. The Morgan fingerprint density at radius 2 is 2.08 bits per heavy atom. The predicted octanol–water partition coefficient (Wildman–Crippen LogP) is 1.99. The molecule has 0 amide bonds. The van der Waals surface area contributed by atoms with Crippen molar-refractivity contribution in [2.45, 2.75) is 19.2 Å². The fourth-order valence-corrected chi connectivity index (χ4v) is 0.939. The monoisotopic (exact) mass is 191 g/mol. The van der Waals surface area contributed by atoms with E-state index < -0.39 is 12.3 Å². The largest absolute Gasteiger partial charge is 0.420 e. The molecule has 0 aliphatic heterocycles. The van der Waals surface area contributed by atoms with Crippen molar-refractivity contribution in [1.82, 2.24) is 4.98 Å². The van der Waals surface area contributed by atoms with E-state index in [4.69, 9.17) is 5.11 Å². The minimum Gasteiger partial charge on any atom is -0.378 e. The normalized spacial score (nSPS) is 14.2. The summed E-state index contributed by atoms with van der Waals surface area (Å²) in [7, 11) is 0. The number of hydrogen-bond acceptors (Lipinski definition) is 2. The average molecular weight is 191 g/mol. The van der Waals surface area contributed by atoms with Crippen molar-refractivity contribution in [3.05, 3.63) is 29.6 Å². The Bertz CT molecular complexity index is 298. The lowest BCUT2D eigenvalue weighted by Gasteiger charge is -2.15. The Balaban J connectivity index is 3.02. The van der Waals surface area contributed by atoms with Crippen LogP contribution in [0.15, 0.2) is 18.3 Å². The van der Waals surface area contributed by atoms with Gasteiger partial charge in [0.15, 0.2) is 6.10 Å². The molecule has 1 aromatic rings. The molecule has 0 bridgehead atoms. The van der Waals surface area contributed by atoms with Gasteiger partial charge in [0.05, 0.1) is 5.69 Å². The molecule has 1 atom stereocenters. The van der Waals surface area contributed by atoms with Gasteiger partial charge in [-0.25, -0.2) is 0 Å². The summed E-state index contributed by atoms with van der Waals surface area (Å²) in [5.74, 6) is 0. The standard InChI is InChI=1S/C8H8F3NO/c1-5-3-2-4-12-6(5)7(13)8(9,10)11/h2-4,7,13H,1H3. The van der Waals surface area contributed by atoms with Crippen LogP contribution in [0.2, 0.25) is 0 Å². The molecule has 0 spiro atoms. The zero-order chi connectivity index (χ0) is 10.1. The first kappa shape index (κ1) is 9.98. The first-order valence-electron chi connectivity index (χ1n) is 3.59. The summed E-state index contributed by atoms with van der Waals surface area (Å²) in [4.78, 5) is 3.47. The molecule has 1 heterocycles. The maximum absolute atomic E-state index is 12.0. The molecule has 0 aliphatic rings. The molecule has 0 saturated heterocycles. The molecular weight excluding hydrogens is 183 g/mol. The van der Waals surface area contributed by atoms with Crippen molar-refractivity contribution < 1.29 is 18.3 Å². The lowest BCUT2D eigenvalue weighted by atomic mass is 10.1. The van der Waals surface area contributed by atoms with Gasteiger partial charge in [0.1, 0.15) is 0 Å². The van der Waals surface area contributed by atoms with Crippen LogP contribution in [0.25, 0.3) is 0 Å². The Morgan fingerprint density at radius 1 is 1.46 bits per heavy atom. The Kier molecular flexibility index (Phi) is 2.56. The van der Waals surface area contributed by atoms with Gasteiger partial charge in [0, 0.05) is 6.20 Å². The zero-order valence-corrected chi connectivity index (χ0v) is 6.84. The lowest BCUT2D eigenvalue weighted by Crippen LogP contribution is -2.22. The number of pyridine rings is 1. The van der Waals surface area contributed by atoms with E-state index in [1.807, 2.05) is 0 Å². The highest BCUT2D eigenvalue weighted by molar-refractivity contribution is 5.20. The maximum atomic E-state index is 12.0. The number of aromatic nitrogens is 1. The van der Waals surface area contributed by atoms with E-state index in [-0.39, 0.29) is 5.69 Å². The Hall–Kier alpha value is -1.10. The van der Waals surface area contributed by atoms with Crippen molar-refractivity contribution in [3.63, 3.8) is 0 Å². The molecule has 5 heteroatoms. The van der Waals surface area contributed by atoms with E-state index >= 15 is 0 Å². The van der Waals surface area contributed by atoms with Gasteiger partial charge >= 0.3 is 6.18 Å². The molecule has 1 aromatic heterocycles. The number of aliphatic hydroxyl groups is 1. The molecular formula is C8H8F3NO. The van der Waals surface area contributed by atoms with Crippen LogP contribution >= 0.6 is 0 Å². The highest BCUT2D eigenvalue weighted by Gasteiger charge is 2.40. The van der Waals surface area contributed by atoms with Gasteiger partial charge in [-0.2, -0.15) is 13.2 Å². The van der Waals surface area contributed by atoms with E-state index in [0.29, 0.717) is 5.56 Å². The van der Waals surface area contributed by atoms with Gasteiger partial charge in [-0.05, 0) is 18.6 Å². The van der Waals surface area contributed by atoms with E-state index in [1.54, 1.807) is 0 Å². The first-order valence-corrected chi connectivity index (χ1v) is 3.59. The van der Waals surface area contributed by atoms with E-state index in [1.165, 1.54) is 25.3 Å². The molecule has 1 unspecified atom stereocenters. The summed E-state index contributed by atoms with van der Waals surface area (Å²) >= 11 is 0. The molecule has 72 valence electrons. The molecule has 0 aromatic carbocycles. The number of alkyl halides is 3. The number of nitrogens with zero attached hydrogens (tertiary/aromatic N) is 1. The van der Waals surface area contributed by atoms with Gasteiger partial charge in [-0.15, -0.1) is 0 Å². The van der Waals surface area contributed by atoms with Gasteiger partial charge in [-0.1, -0.05) is 6.07 Å². The summed E-state index contributed by atoms with van der Waals surface area (Å²) in [5.41, 5.74) is -0.0117. The molecule has 13 heavy (non-hydrogen) atoms. The fraction of sp³-hybridized carbons (Fsp3) is 0.375. The summed E-state index contributed by atoms with van der Waals surface area (Å²) in [6, 6.07) is 2.99.